The van der Waals surface area contributed by atoms with Crippen LogP contribution in [0.25, 0.3) is 12.2 Å². The van der Waals surface area contributed by atoms with Gasteiger partial charge in [-0.2, -0.15) is 0 Å². The van der Waals surface area contributed by atoms with Gasteiger partial charge in [-0.05, 0) is 50.3 Å². The first-order valence-corrected chi connectivity index (χ1v) is 8.59. The Labute approximate surface area is 152 Å². The lowest BCUT2D eigenvalue weighted by atomic mass is 10.1. The van der Waals surface area contributed by atoms with Crippen molar-refractivity contribution in [2.45, 2.75) is 25.9 Å². The van der Waals surface area contributed by atoms with Crippen molar-refractivity contribution in [2.24, 2.45) is 0 Å². The van der Waals surface area contributed by atoms with E-state index < -0.39 is 0 Å². The van der Waals surface area contributed by atoms with Gasteiger partial charge < -0.3 is 18.6 Å². The molecule has 0 saturated carbocycles. The molecule has 2 atom stereocenters. The summed E-state index contributed by atoms with van der Waals surface area (Å²) in [5.41, 5.74) is 0. The van der Waals surface area contributed by atoms with Crippen LogP contribution in [0.5, 0.6) is 0 Å². The van der Waals surface area contributed by atoms with Gasteiger partial charge in [-0.25, -0.2) is 0 Å². The molecule has 1 saturated heterocycles. The number of hydrogen-bond acceptors (Lipinski definition) is 4. The van der Waals surface area contributed by atoms with Gasteiger partial charge in [0.15, 0.2) is 0 Å². The molecule has 2 aromatic rings. The van der Waals surface area contributed by atoms with Gasteiger partial charge in [-0.3, -0.25) is 9.59 Å². The molecule has 3 rings (SSSR count). The Morgan fingerprint density at radius 3 is 1.65 bits per heavy atom. The molecule has 0 spiro atoms. The van der Waals surface area contributed by atoms with Crippen molar-refractivity contribution in [3.8, 4) is 0 Å². The van der Waals surface area contributed by atoms with Crippen LogP contribution in [0.2, 0.25) is 0 Å². The molecule has 6 heteroatoms. The molecular weight excluding hydrogens is 332 g/mol. The van der Waals surface area contributed by atoms with Crippen molar-refractivity contribution < 1.29 is 18.4 Å². The maximum Gasteiger partial charge on any atom is 0.247 e. The molecule has 136 valence electrons. The number of carbonyl (C=O) groups is 2. The number of piperazine rings is 1. The monoisotopic (exact) mass is 354 g/mol. The van der Waals surface area contributed by atoms with Crippen LogP contribution < -0.4 is 0 Å². The van der Waals surface area contributed by atoms with Crippen LogP contribution in [0.4, 0.5) is 0 Å². The number of amides is 2. The SMILES string of the molecule is C[C@@H]1CN(C(=O)/C=C/c2ccco2)[C@@H](C)CN1C(=O)/C=C/c1ccco1. The molecule has 0 unspecified atom stereocenters. The van der Waals surface area contributed by atoms with Gasteiger partial charge in [0.25, 0.3) is 0 Å². The van der Waals surface area contributed by atoms with E-state index in [4.69, 9.17) is 8.83 Å². The van der Waals surface area contributed by atoms with Gasteiger partial charge in [0.1, 0.15) is 11.5 Å². The zero-order valence-corrected chi connectivity index (χ0v) is 14.9. The van der Waals surface area contributed by atoms with E-state index in [1.165, 1.54) is 12.2 Å². The highest BCUT2D eigenvalue weighted by molar-refractivity contribution is 5.93. The molecule has 26 heavy (non-hydrogen) atoms. The highest BCUT2D eigenvalue weighted by Crippen LogP contribution is 2.17. The van der Waals surface area contributed by atoms with Gasteiger partial charge in [0.05, 0.1) is 12.5 Å². The first-order valence-electron chi connectivity index (χ1n) is 8.59. The summed E-state index contributed by atoms with van der Waals surface area (Å²) >= 11 is 0. The predicted molar refractivity (Wildman–Crippen MR) is 97.8 cm³/mol. The second-order valence-electron chi connectivity index (χ2n) is 6.38. The third kappa shape index (κ3) is 4.14. The van der Waals surface area contributed by atoms with E-state index in [1.807, 2.05) is 13.8 Å². The minimum atomic E-state index is -0.0843. The Hall–Kier alpha value is -3.02. The van der Waals surface area contributed by atoms with Crippen LogP contribution in [0.15, 0.2) is 57.8 Å². The molecule has 1 aliphatic heterocycles. The quantitative estimate of drug-likeness (QED) is 0.792. The Morgan fingerprint density at radius 1 is 0.885 bits per heavy atom. The van der Waals surface area contributed by atoms with Crippen LogP contribution in [-0.4, -0.2) is 46.8 Å². The molecule has 0 radical (unpaired) electrons. The lowest BCUT2D eigenvalue weighted by Gasteiger charge is -2.43. The summed E-state index contributed by atoms with van der Waals surface area (Å²) in [5.74, 6) is 1.10. The largest absolute Gasteiger partial charge is 0.465 e. The Morgan fingerprint density at radius 2 is 1.31 bits per heavy atom. The van der Waals surface area contributed by atoms with Gasteiger partial charge in [0, 0.05) is 37.3 Å². The molecule has 2 aromatic heterocycles. The molecule has 0 N–H and O–H groups in total. The van der Waals surface area contributed by atoms with Gasteiger partial charge in [-0.15, -0.1) is 0 Å². The standard InChI is InChI=1S/C20H22N2O4/c1-15-13-22(20(24)10-8-18-6-4-12-26-18)16(2)14-21(15)19(23)9-7-17-5-3-11-25-17/h3-12,15-16H,13-14H2,1-2H3/b9-7+,10-8+/t15-,16+. The molecule has 6 nitrogen and oxygen atoms in total. The molecule has 0 aliphatic carbocycles. The zero-order chi connectivity index (χ0) is 18.5. The average molecular weight is 354 g/mol. The van der Waals surface area contributed by atoms with Crippen molar-refractivity contribution >= 4 is 24.0 Å². The summed E-state index contributed by atoms with van der Waals surface area (Å²) in [6, 6.07) is 6.99. The third-order valence-corrected chi connectivity index (χ3v) is 4.42. The molecule has 1 fully saturated rings. The van der Waals surface area contributed by atoms with Crippen LogP contribution in [0.1, 0.15) is 25.4 Å². The van der Waals surface area contributed by atoms with E-state index >= 15 is 0 Å². The number of rotatable bonds is 4. The zero-order valence-electron chi connectivity index (χ0n) is 14.9. The molecule has 0 aromatic carbocycles. The van der Waals surface area contributed by atoms with Crippen molar-refractivity contribution in [1.82, 2.24) is 9.80 Å². The minimum Gasteiger partial charge on any atom is -0.465 e. The molecule has 0 bridgehead atoms. The third-order valence-electron chi connectivity index (χ3n) is 4.42. The van der Waals surface area contributed by atoms with Crippen LogP contribution >= 0.6 is 0 Å². The summed E-state index contributed by atoms with van der Waals surface area (Å²) in [7, 11) is 0. The van der Waals surface area contributed by atoms with Crippen molar-refractivity contribution in [3.05, 3.63) is 60.5 Å². The summed E-state index contributed by atoms with van der Waals surface area (Å²) < 4.78 is 10.4. The maximum absolute atomic E-state index is 12.5. The summed E-state index contributed by atoms with van der Waals surface area (Å²) in [6.07, 6.45) is 9.46. The topological polar surface area (TPSA) is 66.9 Å². The lowest BCUT2D eigenvalue weighted by Crippen LogP contribution is -2.59. The lowest BCUT2D eigenvalue weighted by molar-refractivity contribution is -0.139. The van der Waals surface area contributed by atoms with Gasteiger partial charge >= 0.3 is 0 Å². The highest BCUT2D eigenvalue weighted by Gasteiger charge is 2.32. The fourth-order valence-electron chi connectivity index (χ4n) is 3.01. The molecule has 2 amide bonds. The van der Waals surface area contributed by atoms with Crippen LogP contribution in [0.3, 0.4) is 0 Å². The van der Waals surface area contributed by atoms with E-state index in [0.29, 0.717) is 24.6 Å². The van der Waals surface area contributed by atoms with Gasteiger partial charge in [0.2, 0.25) is 11.8 Å². The van der Waals surface area contributed by atoms with E-state index in [2.05, 4.69) is 0 Å². The normalized spacial score (nSPS) is 21.0. The number of hydrogen-bond donors (Lipinski definition) is 0. The number of carbonyl (C=O) groups excluding carboxylic acids is 2. The van der Waals surface area contributed by atoms with Gasteiger partial charge in [-0.1, -0.05) is 0 Å². The van der Waals surface area contributed by atoms with Crippen LogP contribution in [-0.2, 0) is 9.59 Å². The first kappa shape index (κ1) is 17.8. The summed E-state index contributed by atoms with van der Waals surface area (Å²) in [5, 5.41) is 0. The Balaban J connectivity index is 1.61. The summed E-state index contributed by atoms with van der Waals surface area (Å²) in [4.78, 5) is 28.5. The predicted octanol–water partition coefficient (Wildman–Crippen LogP) is 3.05. The van der Waals surface area contributed by atoms with Crippen LogP contribution in [0, 0.1) is 0 Å². The average Bonchev–Trinajstić information content (AvgIpc) is 3.32. The Bertz CT molecular complexity index is 722. The fourth-order valence-corrected chi connectivity index (χ4v) is 3.01. The summed E-state index contributed by atoms with van der Waals surface area (Å²) in [6.45, 7) is 4.87. The van der Waals surface area contributed by atoms with E-state index in [0.717, 1.165) is 0 Å². The highest BCUT2D eigenvalue weighted by atomic mass is 16.3. The number of furan rings is 2. The van der Waals surface area contributed by atoms with Crippen molar-refractivity contribution in [2.75, 3.05) is 13.1 Å². The number of nitrogens with zero attached hydrogens (tertiary/aromatic N) is 2. The van der Waals surface area contributed by atoms with Crippen molar-refractivity contribution in [3.63, 3.8) is 0 Å². The molecule has 3 heterocycles. The Kier molecular flexibility index (Phi) is 5.41. The second-order valence-corrected chi connectivity index (χ2v) is 6.38. The second kappa shape index (κ2) is 7.91. The van der Waals surface area contributed by atoms with E-state index in [-0.39, 0.29) is 23.9 Å². The molecular formula is C20H22N2O4. The smallest absolute Gasteiger partial charge is 0.247 e. The fraction of sp³-hybridized carbons (Fsp3) is 0.300. The molecule has 1 aliphatic rings. The first-order chi connectivity index (χ1) is 12.5. The van der Waals surface area contributed by atoms with Crippen molar-refractivity contribution in [1.29, 1.82) is 0 Å². The van der Waals surface area contributed by atoms with E-state index in [1.54, 1.807) is 58.7 Å². The maximum atomic E-state index is 12.5. The van der Waals surface area contributed by atoms with E-state index in [9.17, 15) is 9.59 Å². The minimum absolute atomic E-state index is 0.0686.